The van der Waals surface area contributed by atoms with Crippen LogP contribution in [0.3, 0.4) is 0 Å². The standard InChI is InChI=1S/C16H19NO/c1-3-5-6-10-15(17)13-12-14-9-7-8-11-16(14)18-4-2/h3,5-13,17H,4H2,1-2H3. The fourth-order valence-electron chi connectivity index (χ4n) is 1.41. The Hall–Kier alpha value is -2.09. The normalized spacial score (nSPS) is 11.7. The second-order valence-corrected chi connectivity index (χ2v) is 3.64. The quantitative estimate of drug-likeness (QED) is 0.586. The Morgan fingerprint density at radius 1 is 1.22 bits per heavy atom. The highest BCUT2D eigenvalue weighted by Gasteiger charge is 1.97. The second kappa shape index (κ2) is 8.07. The lowest BCUT2D eigenvalue weighted by Gasteiger charge is -2.05. The van der Waals surface area contributed by atoms with Gasteiger partial charge in [0.05, 0.1) is 12.3 Å². The van der Waals surface area contributed by atoms with Gasteiger partial charge in [0, 0.05) is 5.56 Å². The summed E-state index contributed by atoms with van der Waals surface area (Å²) in [5, 5.41) is 7.74. The van der Waals surface area contributed by atoms with Crippen molar-refractivity contribution in [3.05, 3.63) is 60.2 Å². The maximum absolute atomic E-state index is 7.74. The van der Waals surface area contributed by atoms with Gasteiger partial charge in [-0.25, -0.2) is 0 Å². The largest absolute Gasteiger partial charge is 0.493 e. The molecule has 0 aliphatic carbocycles. The molecule has 0 aliphatic heterocycles. The van der Waals surface area contributed by atoms with Gasteiger partial charge in [-0.15, -0.1) is 0 Å². The summed E-state index contributed by atoms with van der Waals surface area (Å²) in [7, 11) is 0. The van der Waals surface area contributed by atoms with Crippen LogP contribution in [0.2, 0.25) is 0 Å². The summed E-state index contributed by atoms with van der Waals surface area (Å²) in [4.78, 5) is 0. The molecular formula is C16H19NO. The maximum atomic E-state index is 7.74. The summed E-state index contributed by atoms with van der Waals surface area (Å²) in [6.45, 7) is 4.55. The van der Waals surface area contributed by atoms with Crippen molar-refractivity contribution in [2.24, 2.45) is 0 Å². The van der Waals surface area contributed by atoms with Gasteiger partial charge in [0.2, 0.25) is 0 Å². The molecule has 0 heterocycles. The van der Waals surface area contributed by atoms with Crippen LogP contribution in [0.5, 0.6) is 5.75 Å². The zero-order valence-corrected chi connectivity index (χ0v) is 10.9. The number of allylic oxidation sites excluding steroid dienone is 5. The molecule has 94 valence electrons. The van der Waals surface area contributed by atoms with Gasteiger partial charge in [0.15, 0.2) is 0 Å². The van der Waals surface area contributed by atoms with Crippen molar-refractivity contribution in [1.29, 1.82) is 5.41 Å². The first-order valence-electron chi connectivity index (χ1n) is 6.05. The first-order chi connectivity index (χ1) is 8.77. The summed E-state index contributed by atoms with van der Waals surface area (Å²) in [5.74, 6) is 0.849. The molecular weight excluding hydrogens is 222 g/mol. The molecule has 0 fully saturated rings. The van der Waals surface area contributed by atoms with Crippen molar-refractivity contribution in [2.45, 2.75) is 13.8 Å². The number of benzene rings is 1. The number of nitrogens with one attached hydrogen (secondary N) is 1. The SMILES string of the molecule is CC=CC=CC(=N)C=Cc1ccccc1OCC. The van der Waals surface area contributed by atoms with E-state index >= 15 is 0 Å². The minimum absolute atomic E-state index is 0.458. The molecule has 0 atom stereocenters. The predicted octanol–water partition coefficient (Wildman–Crippen LogP) is 4.25. The van der Waals surface area contributed by atoms with Crippen LogP contribution in [0, 0.1) is 5.41 Å². The molecule has 0 aliphatic rings. The zero-order chi connectivity index (χ0) is 13.2. The Morgan fingerprint density at radius 3 is 2.72 bits per heavy atom. The lowest BCUT2D eigenvalue weighted by Crippen LogP contribution is -1.93. The Labute approximate surface area is 109 Å². The van der Waals surface area contributed by atoms with E-state index < -0.39 is 0 Å². The van der Waals surface area contributed by atoms with Crippen molar-refractivity contribution in [3.8, 4) is 5.75 Å². The van der Waals surface area contributed by atoms with Crippen molar-refractivity contribution in [2.75, 3.05) is 6.61 Å². The Balaban J connectivity index is 2.74. The average Bonchev–Trinajstić information content (AvgIpc) is 2.38. The number of para-hydroxylation sites is 1. The Kier molecular flexibility index (Phi) is 6.26. The van der Waals surface area contributed by atoms with Crippen molar-refractivity contribution < 1.29 is 4.74 Å². The minimum Gasteiger partial charge on any atom is -0.493 e. The Morgan fingerprint density at radius 2 is 2.00 bits per heavy atom. The van der Waals surface area contributed by atoms with Crippen LogP contribution in [0.15, 0.2) is 54.6 Å². The third-order valence-corrected chi connectivity index (χ3v) is 2.24. The van der Waals surface area contributed by atoms with E-state index in [1.807, 2.05) is 62.4 Å². The molecule has 0 radical (unpaired) electrons. The molecule has 1 aromatic rings. The topological polar surface area (TPSA) is 33.1 Å². The molecule has 1 aromatic carbocycles. The van der Waals surface area contributed by atoms with Crippen LogP contribution in [0.25, 0.3) is 6.08 Å². The van der Waals surface area contributed by atoms with E-state index in [4.69, 9.17) is 10.1 Å². The lowest BCUT2D eigenvalue weighted by molar-refractivity contribution is 0.339. The highest BCUT2D eigenvalue weighted by atomic mass is 16.5. The average molecular weight is 241 g/mol. The molecule has 0 aromatic heterocycles. The lowest BCUT2D eigenvalue weighted by atomic mass is 10.1. The molecule has 0 bridgehead atoms. The van der Waals surface area contributed by atoms with Crippen molar-refractivity contribution in [1.82, 2.24) is 0 Å². The van der Waals surface area contributed by atoms with E-state index in [1.54, 1.807) is 12.2 Å². The third kappa shape index (κ3) is 4.83. The number of hydrogen-bond donors (Lipinski definition) is 1. The molecule has 0 amide bonds. The fourth-order valence-corrected chi connectivity index (χ4v) is 1.41. The Bertz CT molecular complexity index is 470. The maximum Gasteiger partial charge on any atom is 0.126 e. The minimum atomic E-state index is 0.458. The highest BCUT2D eigenvalue weighted by molar-refractivity contribution is 6.04. The number of rotatable bonds is 6. The van der Waals surface area contributed by atoms with Crippen LogP contribution >= 0.6 is 0 Å². The van der Waals surface area contributed by atoms with Gasteiger partial charge >= 0.3 is 0 Å². The first-order valence-corrected chi connectivity index (χ1v) is 6.05. The smallest absolute Gasteiger partial charge is 0.126 e. The van der Waals surface area contributed by atoms with Gasteiger partial charge in [-0.2, -0.15) is 0 Å². The summed E-state index contributed by atoms with van der Waals surface area (Å²) in [6.07, 6.45) is 11.1. The number of ether oxygens (including phenoxy) is 1. The summed E-state index contributed by atoms with van der Waals surface area (Å²) in [5.41, 5.74) is 1.45. The molecule has 1 rings (SSSR count). The van der Waals surface area contributed by atoms with E-state index in [9.17, 15) is 0 Å². The zero-order valence-electron chi connectivity index (χ0n) is 10.9. The predicted molar refractivity (Wildman–Crippen MR) is 78.3 cm³/mol. The van der Waals surface area contributed by atoms with Crippen LogP contribution in [-0.2, 0) is 0 Å². The van der Waals surface area contributed by atoms with Crippen molar-refractivity contribution >= 4 is 11.8 Å². The number of hydrogen-bond acceptors (Lipinski definition) is 2. The van der Waals surface area contributed by atoms with E-state index in [2.05, 4.69) is 0 Å². The van der Waals surface area contributed by atoms with E-state index in [0.29, 0.717) is 12.3 Å². The summed E-state index contributed by atoms with van der Waals surface area (Å²) < 4.78 is 5.52. The van der Waals surface area contributed by atoms with Gasteiger partial charge < -0.3 is 10.1 Å². The van der Waals surface area contributed by atoms with Crippen LogP contribution in [0.4, 0.5) is 0 Å². The summed E-state index contributed by atoms with van der Waals surface area (Å²) in [6, 6.07) is 7.81. The molecule has 18 heavy (non-hydrogen) atoms. The molecule has 0 unspecified atom stereocenters. The molecule has 0 saturated carbocycles. The second-order valence-electron chi connectivity index (χ2n) is 3.64. The van der Waals surface area contributed by atoms with Gasteiger partial charge in [-0.05, 0) is 38.1 Å². The monoisotopic (exact) mass is 241 g/mol. The third-order valence-electron chi connectivity index (χ3n) is 2.24. The highest BCUT2D eigenvalue weighted by Crippen LogP contribution is 2.19. The molecule has 2 nitrogen and oxygen atoms in total. The summed E-state index contributed by atoms with van der Waals surface area (Å²) >= 11 is 0. The van der Waals surface area contributed by atoms with E-state index in [1.165, 1.54) is 0 Å². The molecule has 2 heteroatoms. The van der Waals surface area contributed by atoms with Crippen LogP contribution in [0.1, 0.15) is 19.4 Å². The first kappa shape index (κ1) is 14.0. The van der Waals surface area contributed by atoms with Gasteiger partial charge in [-0.3, -0.25) is 0 Å². The van der Waals surface area contributed by atoms with Gasteiger partial charge in [0.25, 0.3) is 0 Å². The van der Waals surface area contributed by atoms with Crippen molar-refractivity contribution in [3.63, 3.8) is 0 Å². The van der Waals surface area contributed by atoms with Crippen LogP contribution in [-0.4, -0.2) is 12.3 Å². The molecule has 0 spiro atoms. The van der Waals surface area contributed by atoms with Crippen LogP contribution < -0.4 is 4.74 Å². The fraction of sp³-hybridized carbons (Fsp3) is 0.188. The van der Waals surface area contributed by atoms with E-state index in [-0.39, 0.29) is 0 Å². The van der Waals surface area contributed by atoms with Gasteiger partial charge in [0.1, 0.15) is 5.75 Å². The molecule has 0 saturated heterocycles. The molecule has 1 N–H and O–H groups in total. The van der Waals surface area contributed by atoms with E-state index in [0.717, 1.165) is 11.3 Å². The van der Waals surface area contributed by atoms with Gasteiger partial charge in [-0.1, -0.05) is 36.4 Å².